The maximum atomic E-state index is 5.78. The first-order chi connectivity index (χ1) is 10.6. The van der Waals surface area contributed by atoms with E-state index in [9.17, 15) is 0 Å². The van der Waals surface area contributed by atoms with Crippen LogP contribution in [0.5, 0.6) is 0 Å². The minimum absolute atomic E-state index is 0.195. The van der Waals surface area contributed by atoms with Crippen LogP contribution in [0.3, 0.4) is 0 Å². The fourth-order valence-electron chi connectivity index (χ4n) is 2.73. The first-order valence-electron chi connectivity index (χ1n) is 8.09. The fraction of sp³-hybridized carbons (Fsp3) is 0.611. The molecule has 2 nitrogen and oxygen atoms in total. The smallest absolute Gasteiger partial charge is 0.174 e. The molecule has 5 heteroatoms. The molecular formula is C18H27IN2S2. The van der Waals surface area contributed by atoms with Gasteiger partial charge in [-0.05, 0) is 70.8 Å². The van der Waals surface area contributed by atoms with Gasteiger partial charge in [0.05, 0.1) is 5.37 Å². The van der Waals surface area contributed by atoms with E-state index in [0.717, 1.165) is 17.3 Å². The molecule has 0 saturated carbocycles. The molecule has 2 rings (SSSR count). The number of hydrogen-bond acceptors (Lipinski definition) is 2. The van der Waals surface area contributed by atoms with Gasteiger partial charge in [0, 0.05) is 21.1 Å². The number of benzene rings is 1. The Hall–Kier alpha value is -0.0100. The van der Waals surface area contributed by atoms with Crippen LogP contribution >= 0.6 is 46.6 Å². The quantitative estimate of drug-likeness (QED) is 0.445. The Morgan fingerprint density at radius 1 is 1.39 bits per heavy atom. The van der Waals surface area contributed by atoms with Crippen molar-refractivity contribution < 1.29 is 0 Å². The van der Waals surface area contributed by atoms with Crippen LogP contribution in [-0.4, -0.2) is 27.2 Å². The highest BCUT2D eigenvalue weighted by Gasteiger charge is 2.42. The lowest BCUT2D eigenvalue weighted by molar-refractivity contribution is 0.260. The third kappa shape index (κ3) is 4.54. The molecule has 1 aromatic rings. The van der Waals surface area contributed by atoms with Gasteiger partial charge in [-0.1, -0.05) is 40.7 Å². The molecule has 1 heterocycles. The first kappa shape index (κ1) is 19.3. The summed E-state index contributed by atoms with van der Waals surface area (Å²) >= 11 is 10.2. The van der Waals surface area contributed by atoms with Crippen molar-refractivity contribution in [3.05, 3.63) is 27.3 Å². The fourth-order valence-corrected chi connectivity index (χ4v) is 5.22. The van der Waals surface area contributed by atoms with Crippen molar-refractivity contribution in [1.29, 1.82) is 0 Å². The summed E-state index contributed by atoms with van der Waals surface area (Å²) < 4.78 is 1.26. The normalized spacial score (nSPS) is 21.8. The summed E-state index contributed by atoms with van der Waals surface area (Å²) in [5, 5.41) is 5.40. The Kier molecular flexibility index (Phi) is 6.28. The standard InChI is InChI=1S/C18H27IN2S2/c1-11(2)15-10-21(16(23-15)18(4,5)6)17(22)20-14-9-7-8-13(19)12(14)3/h7-9,11,15-16H,10H2,1-6H3,(H,20,22). The maximum absolute atomic E-state index is 5.78. The van der Waals surface area contributed by atoms with Crippen molar-refractivity contribution in [2.45, 2.75) is 52.2 Å². The molecule has 1 N–H and O–H groups in total. The SMILES string of the molecule is Cc1c(I)cccc1NC(=S)N1CC(C(C)C)SC1C(C)(C)C. The van der Waals surface area contributed by atoms with Gasteiger partial charge >= 0.3 is 0 Å². The van der Waals surface area contributed by atoms with Gasteiger partial charge in [0.25, 0.3) is 0 Å². The molecule has 0 aliphatic carbocycles. The highest BCUT2D eigenvalue weighted by Crippen LogP contribution is 2.43. The summed E-state index contributed by atoms with van der Waals surface area (Å²) in [6, 6.07) is 6.32. The van der Waals surface area contributed by atoms with E-state index in [2.05, 4.69) is 104 Å². The van der Waals surface area contributed by atoms with Gasteiger partial charge in [0.1, 0.15) is 0 Å². The van der Waals surface area contributed by atoms with E-state index in [1.54, 1.807) is 0 Å². The van der Waals surface area contributed by atoms with E-state index in [4.69, 9.17) is 12.2 Å². The third-order valence-corrected chi connectivity index (χ3v) is 7.99. The van der Waals surface area contributed by atoms with Crippen LogP contribution in [0.1, 0.15) is 40.2 Å². The van der Waals surface area contributed by atoms with Crippen LogP contribution < -0.4 is 5.32 Å². The third-order valence-electron chi connectivity index (χ3n) is 4.22. The van der Waals surface area contributed by atoms with Gasteiger partial charge in [-0.15, -0.1) is 11.8 Å². The second kappa shape index (κ2) is 7.48. The molecule has 1 saturated heterocycles. The van der Waals surface area contributed by atoms with E-state index >= 15 is 0 Å². The zero-order valence-electron chi connectivity index (χ0n) is 14.8. The van der Waals surface area contributed by atoms with Gasteiger partial charge in [-0.2, -0.15) is 0 Å². The van der Waals surface area contributed by atoms with E-state index in [1.807, 2.05) is 0 Å². The summed E-state index contributed by atoms with van der Waals surface area (Å²) in [6.07, 6.45) is 0. The van der Waals surface area contributed by atoms with Crippen molar-refractivity contribution in [3.63, 3.8) is 0 Å². The lowest BCUT2D eigenvalue weighted by Crippen LogP contribution is -2.44. The average molecular weight is 462 g/mol. The number of rotatable bonds is 2. The Morgan fingerprint density at radius 2 is 2.04 bits per heavy atom. The highest BCUT2D eigenvalue weighted by molar-refractivity contribution is 14.1. The molecular weight excluding hydrogens is 435 g/mol. The van der Waals surface area contributed by atoms with Gasteiger partial charge in [-0.3, -0.25) is 0 Å². The van der Waals surface area contributed by atoms with Crippen LogP contribution in [0.15, 0.2) is 18.2 Å². The molecule has 2 unspecified atom stereocenters. The van der Waals surface area contributed by atoms with Crippen LogP contribution in [0.4, 0.5) is 5.69 Å². The van der Waals surface area contributed by atoms with E-state index in [1.165, 1.54) is 9.13 Å². The molecule has 0 aromatic heterocycles. The van der Waals surface area contributed by atoms with Crippen LogP contribution in [-0.2, 0) is 0 Å². The average Bonchev–Trinajstić information content (AvgIpc) is 2.89. The largest absolute Gasteiger partial charge is 0.335 e. The Morgan fingerprint density at radius 3 is 2.61 bits per heavy atom. The molecule has 23 heavy (non-hydrogen) atoms. The number of nitrogens with one attached hydrogen (secondary N) is 1. The lowest BCUT2D eigenvalue weighted by atomic mass is 9.95. The Balaban J connectivity index is 2.20. The van der Waals surface area contributed by atoms with Crippen molar-refractivity contribution in [3.8, 4) is 0 Å². The lowest BCUT2D eigenvalue weighted by Gasteiger charge is -2.35. The second-order valence-corrected chi connectivity index (χ2v) is 10.5. The monoisotopic (exact) mass is 462 g/mol. The zero-order chi connectivity index (χ0) is 17.4. The second-order valence-electron chi connectivity index (χ2n) is 7.63. The topological polar surface area (TPSA) is 15.3 Å². The van der Waals surface area contributed by atoms with E-state index in [-0.39, 0.29) is 5.41 Å². The molecule has 0 radical (unpaired) electrons. The molecule has 1 aliphatic rings. The molecule has 0 spiro atoms. The van der Waals surface area contributed by atoms with Crippen molar-refractivity contribution in [2.24, 2.45) is 11.3 Å². The van der Waals surface area contributed by atoms with E-state index in [0.29, 0.717) is 16.5 Å². The molecule has 2 atom stereocenters. The molecule has 128 valence electrons. The molecule has 1 aliphatic heterocycles. The molecule has 1 fully saturated rings. The van der Waals surface area contributed by atoms with Crippen molar-refractivity contribution >= 4 is 57.4 Å². The zero-order valence-corrected chi connectivity index (χ0v) is 18.6. The summed E-state index contributed by atoms with van der Waals surface area (Å²) in [6.45, 7) is 14.7. The van der Waals surface area contributed by atoms with Crippen LogP contribution in [0, 0.1) is 21.8 Å². The number of hydrogen-bond donors (Lipinski definition) is 1. The first-order valence-corrected chi connectivity index (χ1v) is 10.5. The van der Waals surface area contributed by atoms with Crippen molar-refractivity contribution in [1.82, 2.24) is 4.90 Å². The van der Waals surface area contributed by atoms with E-state index < -0.39 is 0 Å². The Labute approximate surface area is 164 Å². The number of thiocarbonyl (C=S) groups is 1. The summed E-state index contributed by atoms with van der Waals surface area (Å²) in [5.74, 6) is 0.664. The summed E-state index contributed by atoms with van der Waals surface area (Å²) in [7, 11) is 0. The molecule has 1 aromatic carbocycles. The van der Waals surface area contributed by atoms with Gasteiger partial charge in [0.15, 0.2) is 5.11 Å². The Bertz CT molecular complexity index is 581. The predicted molar refractivity (Wildman–Crippen MR) is 116 cm³/mol. The van der Waals surface area contributed by atoms with Gasteiger partial charge in [-0.25, -0.2) is 0 Å². The number of anilines is 1. The number of halogens is 1. The van der Waals surface area contributed by atoms with Crippen molar-refractivity contribution in [2.75, 3.05) is 11.9 Å². The minimum atomic E-state index is 0.195. The predicted octanol–water partition coefficient (Wildman–Crippen LogP) is 5.74. The summed E-state index contributed by atoms with van der Waals surface area (Å²) in [5.41, 5.74) is 2.57. The maximum Gasteiger partial charge on any atom is 0.174 e. The van der Waals surface area contributed by atoms with Crippen LogP contribution in [0.25, 0.3) is 0 Å². The minimum Gasteiger partial charge on any atom is -0.335 e. The molecule has 0 amide bonds. The molecule has 0 bridgehead atoms. The van der Waals surface area contributed by atoms with Gasteiger partial charge in [0.2, 0.25) is 0 Å². The highest BCUT2D eigenvalue weighted by atomic mass is 127. The number of nitrogens with zero attached hydrogens (tertiary/aromatic N) is 1. The summed E-state index contributed by atoms with van der Waals surface area (Å²) in [4.78, 5) is 2.39. The number of thioether (sulfide) groups is 1. The van der Waals surface area contributed by atoms with Crippen LogP contribution in [0.2, 0.25) is 0 Å². The van der Waals surface area contributed by atoms with Gasteiger partial charge < -0.3 is 10.2 Å².